The molecular formula is C10H11Cl2N3O4S. The number of aliphatic carboxylic acids is 1. The summed E-state index contributed by atoms with van der Waals surface area (Å²) >= 11 is 11.6. The van der Waals surface area contributed by atoms with E-state index in [1.165, 1.54) is 11.0 Å². The standard InChI is InChI=1S/C10H11Cl2N3O4S/c11-8-3-7(10(12)14-13-8)15(4-9(16)17)6-1-2-20(18,19)5-6/h3,6H,1-2,4-5H2,(H,16,17). The lowest BCUT2D eigenvalue weighted by Gasteiger charge is -2.28. The number of nitrogens with zero attached hydrogens (tertiary/aromatic N) is 3. The van der Waals surface area contributed by atoms with Crippen LogP contribution in [-0.4, -0.2) is 53.8 Å². The van der Waals surface area contributed by atoms with E-state index in [9.17, 15) is 13.2 Å². The van der Waals surface area contributed by atoms with Gasteiger partial charge in [0.25, 0.3) is 0 Å². The van der Waals surface area contributed by atoms with E-state index in [0.29, 0.717) is 6.42 Å². The summed E-state index contributed by atoms with van der Waals surface area (Å²) in [6.45, 7) is -0.387. The number of carboxylic acid groups (broad SMARTS) is 1. The third kappa shape index (κ3) is 3.50. The van der Waals surface area contributed by atoms with E-state index in [-0.39, 0.29) is 34.0 Å². The molecule has 2 rings (SSSR count). The Kier molecular flexibility index (Phi) is 4.36. The van der Waals surface area contributed by atoms with Crippen molar-refractivity contribution < 1.29 is 18.3 Å². The zero-order valence-corrected chi connectivity index (χ0v) is 12.5. The molecule has 7 nitrogen and oxygen atoms in total. The van der Waals surface area contributed by atoms with Crippen LogP contribution in [0, 0.1) is 0 Å². The van der Waals surface area contributed by atoms with Gasteiger partial charge < -0.3 is 10.0 Å². The molecule has 2 heterocycles. The van der Waals surface area contributed by atoms with Gasteiger partial charge in [-0.2, -0.15) is 0 Å². The Morgan fingerprint density at radius 3 is 2.70 bits per heavy atom. The van der Waals surface area contributed by atoms with E-state index in [2.05, 4.69) is 10.2 Å². The summed E-state index contributed by atoms with van der Waals surface area (Å²) in [5.41, 5.74) is 0.274. The molecule has 0 aliphatic carbocycles. The minimum Gasteiger partial charge on any atom is -0.480 e. The quantitative estimate of drug-likeness (QED) is 0.867. The van der Waals surface area contributed by atoms with E-state index < -0.39 is 21.8 Å². The smallest absolute Gasteiger partial charge is 0.323 e. The van der Waals surface area contributed by atoms with Gasteiger partial charge in [0, 0.05) is 12.1 Å². The maximum absolute atomic E-state index is 11.6. The maximum atomic E-state index is 11.6. The van der Waals surface area contributed by atoms with Crippen LogP contribution in [0.5, 0.6) is 0 Å². The van der Waals surface area contributed by atoms with Crippen LogP contribution in [0.25, 0.3) is 0 Å². The molecule has 0 spiro atoms. The van der Waals surface area contributed by atoms with Crippen LogP contribution in [0.4, 0.5) is 5.69 Å². The number of hydrogen-bond donors (Lipinski definition) is 1. The molecule has 20 heavy (non-hydrogen) atoms. The second kappa shape index (κ2) is 5.71. The lowest BCUT2D eigenvalue weighted by molar-refractivity contribution is -0.135. The number of carbonyl (C=O) groups is 1. The van der Waals surface area contributed by atoms with Crippen molar-refractivity contribution in [1.82, 2.24) is 10.2 Å². The monoisotopic (exact) mass is 339 g/mol. The summed E-state index contributed by atoms with van der Waals surface area (Å²) in [5, 5.41) is 16.2. The van der Waals surface area contributed by atoms with Gasteiger partial charge in [0.1, 0.15) is 6.54 Å². The van der Waals surface area contributed by atoms with Crippen molar-refractivity contribution in [1.29, 1.82) is 0 Å². The predicted molar refractivity (Wildman–Crippen MR) is 74.1 cm³/mol. The van der Waals surface area contributed by atoms with Gasteiger partial charge in [0.2, 0.25) is 0 Å². The van der Waals surface area contributed by atoms with Crippen LogP contribution < -0.4 is 4.90 Å². The molecule has 0 amide bonds. The number of rotatable bonds is 4. The van der Waals surface area contributed by atoms with Crippen molar-refractivity contribution in [2.45, 2.75) is 12.5 Å². The Morgan fingerprint density at radius 2 is 2.15 bits per heavy atom. The zero-order valence-electron chi connectivity index (χ0n) is 10.2. The Hall–Kier alpha value is -1.12. The van der Waals surface area contributed by atoms with E-state index >= 15 is 0 Å². The Morgan fingerprint density at radius 1 is 1.45 bits per heavy atom. The molecule has 0 saturated carbocycles. The molecule has 10 heteroatoms. The van der Waals surface area contributed by atoms with Crippen LogP contribution in [0.3, 0.4) is 0 Å². The molecule has 0 bridgehead atoms. The number of anilines is 1. The molecule has 1 fully saturated rings. The minimum atomic E-state index is -3.15. The SMILES string of the molecule is O=C(O)CN(c1cc(Cl)nnc1Cl)C1CCS(=O)(=O)C1. The molecular weight excluding hydrogens is 329 g/mol. The highest BCUT2D eigenvalue weighted by Gasteiger charge is 2.34. The van der Waals surface area contributed by atoms with Crippen molar-refractivity contribution in [3.63, 3.8) is 0 Å². The van der Waals surface area contributed by atoms with E-state index in [0.717, 1.165) is 0 Å². The van der Waals surface area contributed by atoms with Crippen molar-refractivity contribution in [2.75, 3.05) is 23.0 Å². The number of sulfone groups is 1. The predicted octanol–water partition coefficient (Wildman–Crippen LogP) is 0.861. The largest absolute Gasteiger partial charge is 0.480 e. The molecule has 0 radical (unpaired) electrons. The molecule has 1 aliphatic rings. The maximum Gasteiger partial charge on any atom is 0.323 e. The number of hydrogen-bond acceptors (Lipinski definition) is 6. The van der Waals surface area contributed by atoms with Crippen molar-refractivity contribution >= 4 is 44.7 Å². The van der Waals surface area contributed by atoms with E-state index in [1.54, 1.807) is 0 Å². The molecule has 110 valence electrons. The Balaban J connectivity index is 2.37. The highest BCUT2D eigenvalue weighted by atomic mass is 35.5. The van der Waals surface area contributed by atoms with E-state index in [4.69, 9.17) is 28.3 Å². The van der Waals surface area contributed by atoms with Gasteiger partial charge in [-0.15, -0.1) is 10.2 Å². The van der Waals surface area contributed by atoms with Crippen molar-refractivity contribution in [3.8, 4) is 0 Å². The third-order valence-corrected chi connectivity index (χ3v) is 5.17. The van der Waals surface area contributed by atoms with Crippen LogP contribution in [-0.2, 0) is 14.6 Å². The van der Waals surface area contributed by atoms with Gasteiger partial charge in [-0.1, -0.05) is 23.2 Å². The number of halogens is 2. The summed E-state index contributed by atoms with van der Waals surface area (Å²) in [7, 11) is -3.15. The molecule has 1 aromatic rings. The van der Waals surface area contributed by atoms with Crippen LogP contribution in [0.1, 0.15) is 6.42 Å². The van der Waals surface area contributed by atoms with Gasteiger partial charge in [-0.3, -0.25) is 4.79 Å². The summed E-state index contributed by atoms with van der Waals surface area (Å²) in [5.74, 6) is -1.19. The normalized spacial score (nSPS) is 20.8. The second-order valence-corrected chi connectivity index (χ2v) is 7.40. The first kappa shape index (κ1) is 15.3. The fourth-order valence-electron chi connectivity index (χ4n) is 2.12. The first-order valence-electron chi connectivity index (χ1n) is 5.66. The Labute approximate surface area is 125 Å². The van der Waals surface area contributed by atoms with Gasteiger partial charge in [-0.05, 0) is 6.42 Å². The van der Waals surface area contributed by atoms with Crippen LogP contribution >= 0.6 is 23.2 Å². The number of carboxylic acids is 1. The minimum absolute atomic E-state index is 0.0139. The average Bonchev–Trinajstić information content (AvgIpc) is 2.70. The molecule has 1 saturated heterocycles. The first-order valence-corrected chi connectivity index (χ1v) is 8.24. The molecule has 1 aliphatic heterocycles. The average molecular weight is 340 g/mol. The third-order valence-electron chi connectivity index (χ3n) is 2.96. The highest BCUT2D eigenvalue weighted by Crippen LogP contribution is 2.30. The fraction of sp³-hybridized carbons (Fsp3) is 0.500. The topological polar surface area (TPSA) is 100 Å². The fourth-order valence-corrected chi connectivity index (χ4v) is 4.20. The summed E-state index contributed by atoms with van der Waals surface area (Å²) in [4.78, 5) is 12.4. The first-order chi connectivity index (χ1) is 9.28. The van der Waals surface area contributed by atoms with Gasteiger partial charge in [0.05, 0.1) is 17.2 Å². The molecule has 0 aromatic carbocycles. The van der Waals surface area contributed by atoms with Crippen LogP contribution in [0.15, 0.2) is 6.07 Å². The molecule has 1 aromatic heterocycles. The Bertz CT molecular complexity index is 637. The molecule has 1 unspecified atom stereocenters. The summed E-state index contributed by atoms with van der Waals surface area (Å²) in [6, 6.07) is 0.916. The zero-order chi connectivity index (χ0) is 14.9. The van der Waals surface area contributed by atoms with Crippen molar-refractivity contribution in [3.05, 3.63) is 16.4 Å². The molecule has 1 atom stereocenters. The molecule has 1 N–H and O–H groups in total. The second-order valence-electron chi connectivity index (χ2n) is 4.42. The summed E-state index contributed by atoms with van der Waals surface area (Å²) in [6.07, 6.45) is 0.339. The van der Waals surface area contributed by atoms with Gasteiger partial charge in [0.15, 0.2) is 20.1 Å². The highest BCUT2D eigenvalue weighted by molar-refractivity contribution is 7.91. The van der Waals surface area contributed by atoms with Gasteiger partial charge in [-0.25, -0.2) is 8.42 Å². The van der Waals surface area contributed by atoms with Gasteiger partial charge >= 0.3 is 5.97 Å². The number of aromatic nitrogens is 2. The van der Waals surface area contributed by atoms with E-state index in [1.807, 2.05) is 0 Å². The van der Waals surface area contributed by atoms with Crippen LogP contribution in [0.2, 0.25) is 10.3 Å². The lowest BCUT2D eigenvalue weighted by Crippen LogP contribution is -2.40. The summed E-state index contributed by atoms with van der Waals surface area (Å²) < 4.78 is 23.1. The van der Waals surface area contributed by atoms with Crippen molar-refractivity contribution in [2.24, 2.45) is 0 Å². The lowest BCUT2D eigenvalue weighted by atomic mass is 10.2.